The topological polar surface area (TPSA) is 83.7 Å². The molecule has 0 spiro atoms. The molecule has 2 aromatic rings. The van der Waals surface area contributed by atoms with Crippen molar-refractivity contribution in [2.45, 2.75) is 0 Å². The Morgan fingerprint density at radius 2 is 2.14 bits per heavy atom. The minimum Gasteiger partial charge on any atom is -0.377 e. The van der Waals surface area contributed by atoms with Gasteiger partial charge >= 0.3 is 5.82 Å². The number of hydrogen-bond donors (Lipinski definition) is 1. The zero-order valence-electron chi connectivity index (χ0n) is 12.0. The first-order valence-electron chi connectivity index (χ1n) is 6.34. The molecule has 0 saturated carbocycles. The Morgan fingerprint density at radius 1 is 1.36 bits per heavy atom. The van der Waals surface area contributed by atoms with Gasteiger partial charge in [0.15, 0.2) is 6.20 Å². The van der Waals surface area contributed by atoms with Gasteiger partial charge in [-0.2, -0.15) is 5.10 Å². The van der Waals surface area contributed by atoms with Crippen LogP contribution in [0.3, 0.4) is 0 Å². The quantitative estimate of drug-likeness (QED) is 0.500. The van der Waals surface area contributed by atoms with Crippen LogP contribution in [0.5, 0.6) is 0 Å². The van der Waals surface area contributed by atoms with Crippen LogP contribution in [0.15, 0.2) is 46.1 Å². The van der Waals surface area contributed by atoms with Crippen molar-refractivity contribution in [3.63, 3.8) is 0 Å². The summed E-state index contributed by atoms with van der Waals surface area (Å²) in [5.74, 6) is -0.197. The molecule has 1 heterocycles. The molecule has 1 aromatic heterocycles. The van der Waals surface area contributed by atoms with Gasteiger partial charge in [0.05, 0.1) is 11.9 Å². The van der Waals surface area contributed by atoms with Gasteiger partial charge < -0.3 is 15.0 Å². The van der Waals surface area contributed by atoms with Gasteiger partial charge in [0.25, 0.3) is 0 Å². The highest BCUT2D eigenvalue weighted by molar-refractivity contribution is 9.10. The third kappa shape index (κ3) is 4.01. The number of halogens is 1. The average molecular weight is 364 g/mol. The van der Waals surface area contributed by atoms with E-state index in [0.717, 1.165) is 15.7 Å². The SMILES string of the molecule is CN(C)c1ccc(/C=N/Nc2ccc([N+](=O)[O-])nc2)cc1Br. The van der Waals surface area contributed by atoms with E-state index in [4.69, 9.17) is 0 Å². The van der Waals surface area contributed by atoms with E-state index in [9.17, 15) is 10.1 Å². The Hall–Kier alpha value is -2.48. The number of hydrogen-bond acceptors (Lipinski definition) is 6. The third-order valence-corrected chi connectivity index (χ3v) is 3.43. The highest BCUT2D eigenvalue weighted by atomic mass is 79.9. The van der Waals surface area contributed by atoms with Crippen LogP contribution in [0.2, 0.25) is 0 Å². The molecule has 0 fully saturated rings. The Labute approximate surface area is 135 Å². The normalized spacial score (nSPS) is 10.7. The van der Waals surface area contributed by atoms with E-state index in [1.165, 1.54) is 12.3 Å². The maximum Gasteiger partial charge on any atom is 0.363 e. The van der Waals surface area contributed by atoms with Crippen molar-refractivity contribution in [1.82, 2.24) is 4.98 Å². The number of nitrogens with one attached hydrogen (secondary N) is 1. The highest BCUT2D eigenvalue weighted by Crippen LogP contribution is 2.25. The van der Waals surface area contributed by atoms with Crippen molar-refractivity contribution < 1.29 is 4.92 Å². The molecular formula is C14H14BrN5O2. The summed E-state index contributed by atoms with van der Waals surface area (Å²) in [5, 5.41) is 14.6. The van der Waals surface area contributed by atoms with Crippen molar-refractivity contribution in [2.75, 3.05) is 24.4 Å². The lowest BCUT2D eigenvalue weighted by molar-refractivity contribution is -0.389. The number of hydrazone groups is 1. The van der Waals surface area contributed by atoms with Crippen LogP contribution < -0.4 is 10.3 Å². The summed E-state index contributed by atoms with van der Waals surface area (Å²) >= 11 is 3.51. The monoisotopic (exact) mass is 363 g/mol. The predicted molar refractivity (Wildman–Crippen MR) is 90.6 cm³/mol. The number of pyridine rings is 1. The smallest absolute Gasteiger partial charge is 0.363 e. The zero-order valence-corrected chi connectivity index (χ0v) is 13.6. The van der Waals surface area contributed by atoms with Gasteiger partial charge in [-0.1, -0.05) is 6.07 Å². The molecule has 0 saturated heterocycles. The first-order chi connectivity index (χ1) is 10.5. The molecule has 0 aliphatic rings. The number of nitro groups is 1. The molecule has 8 heteroatoms. The van der Waals surface area contributed by atoms with Crippen molar-refractivity contribution in [2.24, 2.45) is 5.10 Å². The van der Waals surface area contributed by atoms with Crippen molar-refractivity contribution in [3.8, 4) is 0 Å². The van der Waals surface area contributed by atoms with E-state index in [1.807, 2.05) is 37.2 Å². The Kier molecular flexibility index (Phi) is 5.05. The molecule has 0 radical (unpaired) electrons. The molecule has 7 nitrogen and oxygen atoms in total. The lowest BCUT2D eigenvalue weighted by Crippen LogP contribution is -2.09. The summed E-state index contributed by atoms with van der Waals surface area (Å²) in [4.78, 5) is 15.7. The highest BCUT2D eigenvalue weighted by Gasteiger charge is 2.05. The number of benzene rings is 1. The molecule has 1 N–H and O–H groups in total. The van der Waals surface area contributed by atoms with E-state index in [1.54, 1.807) is 12.3 Å². The van der Waals surface area contributed by atoms with E-state index >= 15 is 0 Å². The summed E-state index contributed by atoms with van der Waals surface area (Å²) < 4.78 is 0.971. The zero-order chi connectivity index (χ0) is 16.1. The molecule has 0 bridgehead atoms. The fourth-order valence-electron chi connectivity index (χ4n) is 1.71. The van der Waals surface area contributed by atoms with Crippen LogP contribution in [-0.2, 0) is 0 Å². The summed E-state index contributed by atoms with van der Waals surface area (Å²) in [6.45, 7) is 0. The predicted octanol–water partition coefficient (Wildman–Crippen LogP) is 3.26. The van der Waals surface area contributed by atoms with Gasteiger partial charge in [0.2, 0.25) is 0 Å². The van der Waals surface area contributed by atoms with E-state index in [0.29, 0.717) is 5.69 Å². The van der Waals surface area contributed by atoms with E-state index < -0.39 is 4.92 Å². The molecule has 2 rings (SSSR count). The lowest BCUT2D eigenvalue weighted by atomic mass is 10.2. The van der Waals surface area contributed by atoms with Gasteiger partial charge in [-0.25, -0.2) is 0 Å². The van der Waals surface area contributed by atoms with Gasteiger partial charge in [0.1, 0.15) is 5.69 Å². The standard InChI is InChI=1S/C14H14BrN5O2/c1-19(2)13-5-3-10(7-12(13)15)8-17-18-11-4-6-14(16-9-11)20(21)22/h3-9,18H,1-2H3/b17-8+. The van der Waals surface area contributed by atoms with Gasteiger partial charge in [0, 0.05) is 24.6 Å². The fourth-order valence-corrected chi connectivity index (χ4v) is 2.46. The molecule has 0 amide bonds. The van der Waals surface area contributed by atoms with Crippen molar-refractivity contribution in [1.29, 1.82) is 0 Å². The lowest BCUT2D eigenvalue weighted by Gasteiger charge is -2.14. The minimum atomic E-state index is -0.545. The Bertz CT molecular complexity index is 701. The molecule has 0 atom stereocenters. The Balaban J connectivity index is 2.03. The molecule has 0 aliphatic heterocycles. The second-order valence-corrected chi connectivity index (χ2v) is 5.49. The fraction of sp³-hybridized carbons (Fsp3) is 0.143. The van der Waals surface area contributed by atoms with Gasteiger partial charge in [-0.15, -0.1) is 0 Å². The van der Waals surface area contributed by atoms with Crippen LogP contribution in [0.4, 0.5) is 17.2 Å². The van der Waals surface area contributed by atoms with Gasteiger partial charge in [-0.05, 0) is 49.6 Å². The minimum absolute atomic E-state index is 0.197. The molecular weight excluding hydrogens is 350 g/mol. The maximum atomic E-state index is 10.5. The summed E-state index contributed by atoms with van der Waals surface area (Å²) in [6, 6.07) is 8.75. The largest absolute Gasteiger partial charge is 0.377 e. The van der Waals surface area contributed by atoms with Crippen LogP contribution in [0, 0.1) is 10.1 Å². The molecule has 0 aliphatic carbocycles. The molecule has 0 unspecified atom stereocenters. The van der Waals surface area contributed by atoms with Crippen molar-refractivity contribution in [3.05, 3.63) is 56.7 Å². The summed E-state index contributed by atoms with van der Waals surface area (Å²) in [5.41, 5.74) is 5.34. The maximum absolute atomic E-state index is 10.5. The van der Waals surface area contributed by atoms with Crippen LogP contribution in [-0.4, -0.2) is 30.2 Å². The number of anilines is 2. The average Bonchev–Trinajstić information content (AvgIpc) is 2.47. The second-order valence-electron chi connectivity index (χ2n) is 4.64. The molecule has 114 valence electrons. The van der Waals surface area contributed by atoms with Crippen LogP contribution >= 0.6 is 15.9 Å². The molecule has 1 aromatic carbocycles. The van der Waals surface area contributed by atoms with Crippen LogP contribution in [0.1, 0.15) is 5.56 Å². The van der Waals surface area contributed by atoms with Gasteiger partial charge in [-0.3, -0.25) is 5.43 Å². The third-order valence-electron chi connectivity index (χ3n) is 2.80. The number of nitrogens with zero attached hydrogens (tertiary/aromatic N) is 4. The van der Waals surface area contributed by atoms with E-state index in [2.05, 4.69) is 31.4 Å². The summed E-state index contributed by atoms with van der Waals surface area (Å²) in [7, 11) is 3.94. The first kappa shape index (κ1) is 15.9. The Morgan fingerprint density at radius 3 is 2.68 bits per heavy atom. The van der Waals surface area contributed by atoms with Crippen molar-refractivity contribution >= 4 is 39.3 Å². The number of rotatable bonds is 5. The van der Waals surface area contributed by atoms with Crippen LogP contribution in [0.25, 0.3) is 0 Å². The number of aromatic nitrogens is 1. The van der Waals surface area contributed by atoms with E-state index in [-0.39, 0.29) is 5.82 Å². The second kappa shape index (κ2) is 6.99. The first-order valence-corrected chi connectivity index (χ1v) is 7.13. The summed E-state index contributed by atoms with van der Waals surface area (Å²) in [6.07, 6.45) is 3.02. The molecule has 22 heavy (non-hydrogen) atoms.